The average molecular weight is 303 g/mol. The van der Waals surface area contributed by atoms with Gasteiger partial charge in [-0.2, -0.15) is 0 Å². The van der Waals surface area contributed by atoms with Gasteiger partial charge in [0.05, 0.1) is 24.0 Å². The number of nitrogens with one attached hydrogen (secondary N) is 1. The maximum atomic E-state index is 6.13. The summed E-state index contributed by atoms with van der Waals surface area (Å²) >= 11 is 6.13. The summed E-state index contributed by atoms with van der Waals surface area (Å²) in [4.78, 5) is 4.51. The normalized spacial score (nSPS) is 16.6. The van der Waals surface area contributed by atoms with Gasteiger partial charge >= 0.3 is 0 Å². The van der Waals surface area contributed by atoms with Gasteiger partial charge in [-0.05, 0) is 49.1 Å². The molecule has 21 heavy (non-hydrogen) atoms. The highest BCUT2D eigenvalue weighted by Gasteiger charge is 2.24. The molecule has 1 aliphatic rings. The van der Waals surface area contributed by atoms with Crippen molar-refractivity contribution in [2.45, 2.75) is 32.2 Å². The highest BCUT2D eigenvalue weighted by atomic mass is 35.5. The second-order valence-electron chi connectivity index (χ2n) is 5.27. The van der Waals surface area contributed by atoms with Crippen molar-refractivity contribution in [3.05, 3.63) is 52.8 Å². The highest BCUT2D eigenvalue weighted by Crippen LogP contribution is 2.36. The summed E-state index contributed by atoms with van der Waals surface area (Å²) < 4.78 is 5.80. The number of halogens is 1. The largest absolute Gasteiger partial charge is 0.491 e. The van der Waals surface area contributed by atoms with Crippen LogP contribution in [0.5, 0.6) is 5.75 Å². The van der Waals surface area contributed by atoms with Crippen LogP contribution in [-0.4, -0.2) is 11.6 Å². The minimum absolute atomic E-state index is 0.226. The van der Waals surface area contributed by atoms with Crippen molar-refractivity contribution in [3.8, 4) is 5.75 Å². The number of benzene rings is 1. The second kappa shape index (κ2) is 6.35. The van der Waals surface area contributed by atoms with E-state index < -0.39 is 0 Å². The van der Waals surface area contributed by atoms with Gasteiger partial charge in [-0.15, -0.1) is 0 Å². The Morgan fingerprint density at radius 1 is 1.38 bits per heavy atom. The number of fused-ring (bicyclic) bond motifs is 1. The predicted octanol–water partition coefficient (Wildman–Crippen LogP) is 4.62. The first-order valence-corrected chi connectivity index (χ1v) is 7.78. The Hall–Kier alpha value is -1.74. The van der Waals surface area contributed by atoms with Crippen LogP contribution in [0.25, 0.3) is 0 Å². The Morgan fingerprint density at radius 3 is 3.14 bits per heavy atom. The molecule has 1 aromatic heterocycles. The lowest BCUT2D eigenvalue weighted by molar-refractivity contribution is 0.318. The van der Waals surface area contributed by atoms with Gasteiger partial charge in [-0.1, -0.05) is 24.6 Å². The standard InChI is InChI=1S/C17H19ClN2O/c1-2-10-21-16-8-6-13(18)11-15(16)20-14-7-5-12-4-3-9-19-17(12)14/h3-4,6,8-9,11,14,20H,2,5,7,10H2,1H3. The van der Waals surface area contributed by atoms with Crippen LogP contribution in [0.3, 0.4) is 0 Å². The molecule has 3 nitrogen and oxygen atoms in total. The maximum Gasteiger partial charge on any atom is 0.142 e. The van der Waals surface area contributed by atoms with Crippen molar-refractivity contribution in [1.29, 1.82) is 0 Å². The fraction of sp³-hybridized carbons (Fsp3) is 0.353. The molecule has 0 saturated heterocycles. The van der Waals surface area contributed by atoms with Crippen LogP contribution in [0, 0.1) is 0 Å². The molecule has 0 spiro atoms. The zero-order chi connectivity index (χ0) is 14.7. The van der Waals surface area contributed by atoms with E-state index in [-0.39, 0.29) is 6.04 Å². The number of aromatic nitrogens is 1. The summed E-state index contributed by atoms with van der Waals surface area (Å²) in [6.45, 7) is 2.80. The Balaban J connectivity index is 1.83. The van der Waals surface area contributed by atoms with Crippen LogP contribution in [0.15, 0.2) is 36.5 Å². The molecule has 110 valence electrons. The molecule has 4 heteroatoms. The smallest absolute Gasteiger partial charge is 0.142 e. The van der Waals surface area contributed by atoms with E-state index in [9.17, 15) is 0 Å². The number of nitrogens with zero attached hydrogens (tertiary/aromatic N) is 1. The lowest BCUT2D eigenvalue weighted by Crippen LogP contribution is -2.10. The van der Waals surface area contributed by atoms with Gasteiger partial charge in [0.15, 0.2) is 0 Å². The fourth-order valence-electron chi connectivity index (χ4n) is 2.69. The summed E-state index contributed by atoms with van der Waals surface area (Å²) in [7, 11) is 0. The summed E-state index contributed by atoms with van der Waals surface area (Å²) in [5.41, 5.74) is 3.41. The average Bonchev–Trinajstić information content (AvgIpc) is 2.90. The summed E-state index contributed by atoms with van der Waals surface area (Å²) in [6, 6.07) is 10.1. The molecule has 0 bridgehead atoms. The van der Waals surface area contributed by atoms with E-state index in [1.54, 1.807) is 0 Å². The molecule has 1 aromatic carbocycles. The third-order valence-electron chi connectivity index (χ3n) is 3.69. The second-order valence-corrected chi connectivity index (χ2v) is 5.71. The first-order valence-electron chi connectivity index (χ1n) is 7.40. The zero-order valence-corrected chi connectivity index (χ0v) is 12.9. The molecule has 1 heterocycles. The van der Waals surface area contributed by atoms with Crippen LogP contribution < -0.4 is 10.1 Å². The van der Waals surface area contributed by atoms with Gasteiger partial charge in [0.2, 0.25) is 0 Å². The summed E-state index contributed by atoms with van der Waals surface area (Å²) in [6.07, 6.45) is 4.94. The quantitative estimate of drug-likeness (QED) is 0.875. The summed E-state index contributed by atoms with van der Waals surface area (Å²) in [5, 5.41) is 4.25. The maximum absolute atomic E-state index is 6.13. The lowest BCUT2D eigenvalue weighted by Gasteiger charge is -2.18. The van der Waals surface area contributed by atoms with Gasteiger partial charge in [-0.3, -0.25) is 4.98 Å². The molecule has 1 unspecified atom stereocenters. The molecular weight excluding hydrogens is 284 g/mol. The van der Waals surface area contributed by atoms with Crippen molar-refractivity contribution in [3.63, 3.8) is 0 Å². The third-order valence-corrected chi connectivity index (χ3v) is 3.93. The van der Waals surface area contributed by atoms with E-state index in [0.29, 0.717) is 11.6 Å². The van der Waals surface area contributed by atoms with Crippen LogP contribution in [0.4, 0.5) is 5.69 Å². The predicted molar refractivity (Wildman–Crippen MR) is 86.2 cm³/mol. The third kappa shape index (κ3) is 3.13. The van der Waals surface area contributed by atoms with Gasteiger partial charge < -0.3 is 10.1 Å². The molecule has 0 saturated carbocycles. The molecular formula is C17H19ClN2O. The van der Waals surface area contributed by atoms with Crippen molar-refractivity contribution in [1.82, 2.24) is 4.98 Å². The Kier molecular flexibility index (Phi) is 4.30. The Morgan fingerprint density at radius 2 is 2.29 bits per heavy atom. The molecule has 3 rings (SSSR count). The van der Waals surface area contributed by atoms with Gasteiger partial charge in [0.1, 0.15) is 5.75 Å². The number of hydrogen-bond acceptors (Lipinski definition) is 3. The van der Waals surface area contributed by atoms with Gasteiger partial charge in [0.25, 0.3) is 0 Å². The first-order chi connectivity index (χ1) is 10.3. The van der Waals surface area contributed by atoms with Gasteiger partial charge in [0, 0.05) is 11.2 Å². The molecule has 1 aliphatic carbocycles. The van der Waals surface area contributed by atoms with Crippen LogP contribution in [-0.2, 0) is 6.42 Å². The number of ether oxygens (including phenoxy) is 1. The van der Waals surface area contributed by atoms with Gasteiger partial charge in [-0.25, -0.2) is 0 Å². The van der Waals surface area contributed by atoms with E-state index in [2.05, 4.69) is 23.3 Å². The SMILES string of the molecule is CCCOc1ccc(Cl)cc1NC1CCc2cccnc21. The van der Waals surface area contributed by atoms with Crippen molar-refractivity contribution < 1.29 is 4.74 Å². The van der Waals surface area contributed by atoms with E-state index in [4.69, 9.17) is 16.3 Å². The molecule has 0 radical (unpaired) electrons. The fourth-order valence-corrected chi connectivity index (χ4v) is 2.87. The monoisotopic (exact) mass is 302 g/mol. The van der Waals surface area contributed by atoms with Crippen molar-refractivity contribution >= 4 is 17.3 Å². The van der Waals surface area contributed by atoms with Crippen molar-refractivity contribution in [2.75, 3.05) is 11.9 Å². The number of anilines is 1. The Labute approximate surface area is 130 Å². The molecule has 0 fully saturated rings. The van der Waals surface area contributed by atoms with E-state index in [0.717, 1.165) is 36.4 Å². The van der Waals surface area contributed by atoms with E-state index >= 15 is 0 Å². The van der Waals surface area contributed by atoms with E-state index in [1.807, 2.05) is 30.5 Å². The Bertz CT molecular complexity index is 630. The number of rotatable bonds is 5. The number of aryl methyl sites for hydroxylation is 1. The number of hydrogen-bond donors (Lipinski definition) is 1. The number of pyridine rings is 1. The zero-order valence-electron chi connectivity index (χ0n) is 12.1. The topological polar surface area (TPSA) is 34.1 Å². The molecule has 0 aliphatic heterocycles. The molecule has 2 aromatic rings. The summed E-state index contributed by atoms with van der Waals surface area (Å²) in [5.74, 6) is 0.852. The van der Waals surface area contributed by atoms with Crippen LogP contribution >= 0.6 is 11.6 Å². The minimum Gasteiger partial charge on any atom is -0.491 e. The van der Waals surface area contributed by atoms with Crippen LogP contribution in [0.1, 0.15) is 37.1 Å². The van der Waals surface area contributed by atoms with Crippen LogP contribution in [0.2, 0.25) is 5.02 Å². The lowest BCUT2D eigenvalue weighted by atomic mass is 10.2. The van der Waals surface area contributed by atoms with E-state index in [1.165, 1.54) is 5.56 Å². The first kappa shape index (κ1) is 14.2. The molecule has 0 amide bonds. The molecule has 1 atom stereocenters. The highest BCUT2D eigenvalue weighted by molar-refractivity contribution is 6.30. The molecule has 1 N–H and O–H groups in total. The van der Waals surface area contributed by atoms with Crippen molar-refractivity contribution in [2.24, 2.45) is 0 Å². The minimum atomic E-state index is 0.226.